The molecular weight excluding hydrogens is 278 g/mol. The van der Waals surface area contributed by atoms with Gasteiger partial charge in [-0.2, -0.15) is 0 Å². The molecule has 4 heteroatoms. The Morgan fingerprint density at radius 3 is 2.32 bits per heavy atom. The van der Waals surface area contributed by atoms with Crippen molar-refractivity contribution in [2.75, 3.05) is 6.54 Å². The quantitative estimate of drug-likeness (QED) is 0.655. The zero-order chi connectivity index (χ0) is 15.8. The molecule has 1 atom stereocenters. The fourth-order valence-electron chi connectivity index (χ4n) is 2.33. The maximum absolute atomic E-state index is 11.3. The van der Waals surface area contributed by atoms with E-state index in [-0.39, 0.29) is 5.75 Å². The minimum absolute atomic E-state index is 0.187. The van der Waals surface area contributed by atoms with Gasteiger partial charge in [0.1, 0.15) is 11.8 Å². The van der Waals surface area contributed by atoms with Crippen LogP contribution in [-0.4, -0.2) is 28.8 Å². The summed E-state index contributed by atoms with van der Waals surface area (Å²) >= 11 is 0. The Morgan fingerprint density at radius 2 is 1.68 bits per heavy atom. The molecule has 0 aliphatic rings. The molecular formula is C18H21NO3. The Hall–Kier alpha value is -2.33. The van der Waals surface area contributed by atoms with Gasteiger partial charge in [0.25, 0.3) is 0 Å². The van der Waals surface area contributed by atoms with Gasteiger partial charge in [0.2, 0.25) is 0 Å². The van der Waals surface area contributed by atoms with Crippen LogP contribution in [0.5, 0.6) is 5.75 Å². The first-order chi connectivity index (χ1) is 10.6. The number of nitrogens with one attached hydrogen (secondary N) is 1. The summed E-state index contributed by atoms with van der Waals surface area (Å²) in [5.41, 5.74) is 2.15. The highest BCUT2D eigenvalue weighted by molar-refractivity contribution is 5.73. The molecule has 2 rings (SSSR count). The van der Waals surface area contributed by atoms with Gasteiger partial charge in [0.15, 0.2) is 0 Å². The van der Waals surface area contributed by atoms with Gasteiger partial charge in [-0.3, -0.25) is 4.79 Å². The number of phenolic OH excluding ortho intramolecular Hbond substituents is 1. The van der Waals surface area contributed by atoms with Crippen LogP contribution in [0, 0.1) is 0 Å². The molecule has 0 fully saturated rings. The molecule has 0 amide bonds. The summed E-state index contributed by atoms with van der Waals surface area (Å²) in [6.07, 6.45) is 2.23. The monoisotopic (exact) mass is 299 g/mol. The second-order valence-electron chi connectivity index (χ2n) is 5.30. The first kappa shape index (κ1) is 16.0. The van der Waals surface area contributed by atoms with Crippen molar-refractivity contribution >= 4 is 5.97 Å². The predicted octanol–water partition coefficient (Wildman–Crippen LogP) is 2.61. The normalized spacial score (nSPS) is 12.0. The zero-order valence-corrected chi connectivity index (χ0v) is 12.4. The lowest BCUT2D eigenvalue weighted by Gasteiger charge is -2.14. The first-order valence-electron chi connectivity index (χ1n) is 7.43. The number of rotatable bonds is 8. The molecule has 116 valence electrons. The third-order valence-corrected chi connectivity index (χ3v) is 3.55. The van der Waals surface area contributed by atoms with Gasteiger partial charge in [0.05, 0.1) is 0 Å². The fraction of sp³-hybridized carbons (Fsp3) is 0.278. The Kier molecular flexibility index (Phi) is 5.98. The van der Waals surface area contributed by atoms with Crippen LogP contribution in [-0.2, 0) is 17.6 Å². The summed E-state index contributed by atoms with van der Waals surface area (Å²) in [5.74, 6) is -0.667. The number of aryl methyl sites for hydroxylation is 1. The molecule has 3 N–H and O–H groups in total. The summed E-state index contributed by atoms with van der Waals surface area (Å²) in [6, 6.07) is 16.2. The van der Waals surface area contributed by atoms with E-state index < -0.39 is 12.0 Å². The lowest BCUT2D eigenvalue weighted by atomic mass is 10.1. The molecule has 0 aromatic heterocycles. The highest BCUT2D eigenvalue weighted by Crippen LogP contribution is 2.11. The van der Waals surface area contributed by atoms with Crippen molar-refractivity contribution in [3.05, 3.63) is 65.7 Å². The predicted molar refractivity (Wildman–Crippen MR) is 86.0 cm³/mol. The van der Waals surface area contributed by atoms with Crippen molar-refractivity contribution in [2.45, 2.75) is 25.3 Å². The molecule has 0 radical (unpaired) electrons. The average molecular weight is 299 g/mol. The average Bonchev–Trinajstić information content (AvgIpc) is 2.53. The van der Waals surface area contributed by atoms with E-state index in [1.54, 1.807) is 24.3 Å². The fourth-order valence-corrected chi connectivity index (χ4v) is 2.33. The van der Waals surface area contributed by atoms with Crippen LogP contribution in [0.1, 0.15) is 17.5 Å². The highest BCUT2D eigenvalue weighted by Gasteiger charge is 2.16. The lowest BCUT2D eigenvalue weighted by Crippen LogP contribution is -2.39. The number of aromatic hydroxyl groups is 1. The number of carboxylic acids is 1. The molecule has 0 spiro atoms. The van der Waals surface area contributed by atoms with Gasteiger partial charge in [-0.15, -0.1) is 0 Å². The SMILES string of the molecule is O=C(O)[C@H](Cc1ccc(O)cc1)NCCCc1ccccc1. The van der Waals surface area contributed by atoms with E-state index in [9.17, 15) is 15.0 Å². The van der Waals surface area contributed by atoms with E-state index in [1.165, 1.54) is 5.56 Å². The molecule has 0 bridgehead atoms. The molecule has 0 aliphatic heterocycles. The number of carbonyl (C=O) groups is 1. The minimum Gasteiger partial charge on any atom is -0.508 e. The number of hydrogen-bond acceptors (Lipinski definition) is 3. The summed E-state index contributed by atoms with van der Waals surface area (Å²) in [4.78, 5) is 11.3. The molecule has 4 nitrogen and oxygen atoms in total. The van der Waals surface area contributed by atoms with Gasteiger partial charge in [-0.25, -0.2) is 0 Å². The molecule has 2 aromatic rings. The summed E-state index contributed by atoms with van der Waals surface area (Å²) in [5, 5.41) is 21.6. The van der Waals surface area contributed by atoms with Gasteiger partial charge < -0.3 is 15.5 Å². The topological polar surface area (TPSA) is 69.6 Å². The van der Waals surface area contributed by atoms with E-state index in [0.29, 0.717) is 13.0 Å². The lowest BCUT2D eigenvalue weighted by molar-refractivity contribution is -0.139. The molecule has 0 unspecified atom stereocenters. The number of hydrogen-bond donors (Lipinski definition) is 3. The van der Waals surface area contributed by atoms with Crippen LogP contribution in [0.25, 0.3) is 0 Å². The van der Waals surface area contributed by atoms with Crippen molar-refractivity contribution in [3.8, 4) is 5.75 Å². The van der Waals surface area contributed by atoms with Crippen LogP contribution in [0.4, 0.5) is 0 Å². The largest absolute Gasteiger partial charge is 0.508 e. The van der Waals surface area contributed by atoms with E-state index in [2.05, 4.69) is 17.4 Å². The maximum Gasteiger partial charge on any atom is 0.321 e. The Labute approximate surface area is 130 Å². The third-order valence-electron chi connectivity index (χ3n) is 3.55. The third kappa shape index (κ3) is 5.22. The van der Waals surface area contributed by atoms with Gasteiger partial charge in [-0.1, -0.05) is 42.5 Å². The molecule has 0 heterocycles. The highest BCUT2D eigenvalue weighted by atomic mass is 16.4. The number of phenols is 1. The van der Waals surface area contributed by atoms with Crippen LogP contribution in [0.3, 0.4) is 0 Å². The van der Waals surface area contributed by atoms with Crippen molar-refractivity contribution in [1.29, 1.82) is 0 Å². The molecule has 22 heavy (non-hydrogen) atoms. The standard InChI is InChI=1S/C18H21NO3/c20-16-10-8-15(9-11-16)13-17(18(21)22)19-12-4-7-14-5-2-1-3-6-14/h1-3,5-6,8-11,17,19-20H,4,7,12-13H2,(H,21,22)/t17-/m0/s1. The van der Waals surface area contributed by atoms with Crippen molar-refractivity contribution in [2.24, 2.45) is 0 Å². The Balaban J connectivity index is 1.79. The molecule has 0 saturated heterocycles. The van der Waals surface area contributed by atoms with E-state index in [1.807, 2.05) is 18.2 Å². The summed E-state index contributed by atoms with van der Waals surface area (Å²) in [7, 11) is 0. The second kappa shape index (κ2) is 8.20. The van der Waals surface area contributed by atoms with Crippen LogP contribution in [0.15, 0.2) is 54.6 Å². The second-order valence-corrected chi connectivity index (χ2v) is 5.30. The van der Waals surface area contributed by atoms with Crippen molar-refractivity contribution in [1.82, 2.24) is 5.32 Å². The Bertz CT molecular complexity index is 581. The number of carboxylic acid groups (broad SMARTS) is 1. The van der Waals surface area contributed by atoms with Crippen molar-refractivity contribution < 1.29 is 15.0 Å². The summed E-state index contributed by atoms with van der Waals surface area (Å²) in [6.45, 7) is 0.657. The van der Waals surface area contributed by atoms with E-state index in [4.69, 9.17) is 0 Å². The van der Waals surface area contributed by atoms with E-state index >= 15 is 0 Å². The molecule has 2 aromatic carbocycles. The molecule has 0 aliphatic carbocycles. The summed E-state index contributed by atoms with van der Waals surface area (Å²) < 4.78 is 0. The first-order valence-corrected chi connectivity index (χ1v) is 7.43. The van der Waals surface area contributed by atoms with Crippen LogP contribution >= 0.6 is 0 Å². The van der Waals surface area contributed by atoms with Gasteiger partial charge in [0, 0.05) is 0 Å². The van der Waals surface area contributed by atoms with Crippen LogP contribution in [0.2, 0.25) is 0 Å². The maximum atomic E-state index is 11.3. The minimum atomic E-state index is -0.854. The van der Waals surface area contributed by atoms with Gasteiger partial charge >= 0.3 is 5.97 Å². The van der Waals surface area contributed by atoms with E-state index in [0.717, 1.165) is 18.4 Å². The van der Waals surface area contributed by atoms with Crippen LogP contribution < -0.4 is 5.32 Å². The zero-order valence-electron chi connectivity index (χ0n) is 12.4. The van der Waals surface area contributed by atoms with Crippen molar-refractivity contribution in [3.63, 3.8) is 0 Å². The smallest absolute Gasteiger partial charge is 0.321 e. The number of benzene rings is 2. The Morgan fingerprint density at radius 1 is 1.00 bits per heavy atom. The number of aliphatic carboxylic acids is 1. The molecule has 0 saturated carbocycles. The van der Waals surface area contributed by atoms with Gasteiger partial charge in [-0.05, 0) is 49.1 Å².